The highest BCUT2D eigenvalue weighted by Gasteiger charge is 2.18. The molecule has 0 aromatic heterocycles. The van der Waals surface area contributed by atoms with E-state index in [0.29, 0.717) is 6.04 Å². The second kappa shape index (κ2) is 6.74. The molecule has 1 fully saturated rings. The fraction of sp³-hybridized carbons (Fsp3) is 0.571. The van der Waals surface area contributed by atoms with Crippen LogP contribution in [-0.2, 0) is 11.3 Å². The highest BCUT2D eigenvalue weighted by atomic mass is 16.5. The van der Waals surface area contributed by atoms with Crippen molar-refractivity contribution in [2.75, 3.05) is 32.8 Å². The molecule has 2 rings (SSSR count). The highest BCUT2D eigenvalue weighted by Crippen LogP contribution is 2.07. The van der Waals surface area contributed by atoms with Gasteiger partial charge in [-0.05, 0) is 12.5 Å². The Morgan fingerprint density at radius 1 is 1.35 bits per heavy atom. The number of piperazine rings is 1. The van der Waals surface area contributed by atoms with Crippen LogP contribution in [0.15, 0.2) is 30.3 Å². The Balaban J connectivity index is 1.81. The molecule has 1 N–H and O–H groups in total. The topological polar surface area (TPSA) is 24.5 Å². The number of nitrogens with one attached hydrogen (secondary N) is 1. The van der Waals surface area contributed by atoms with Crippen molar-refractivity contribution < 1.29 is 4.74 Å². The SMILES string of the molecule is CCOCC1CN(Cc2ccccc2)CCN1. The third kappa shape index (κ3) is 4.11. The van der Waals surface area contributed by atoms with E-state index in [1.54, 1.807) is 0 Å². The summed E-state index contributed by atoms with van der Waals surface area (Å²) < 4.78 is 5.48. The zero-order chi connectivity index (χ0) is 11.9. The third-order valence-electron chi connectivity index (χ3n) is 3.11. The molecule has 0 radical (unpaired) electrons. The fourth-order valence-corrected chi connectivity index (χ4v) is 2.25. The van der Waals surface area contributed by atoms with Gasteiger partial charge in [0.05, 0.1) is 6.61 Å². The predicted octanol–water partition coefficient (Wildman–Crippen LogP) is 1.50. The lowest BCUT2D eigenvalue weighted by molar-refractivity contribution is 0.0869. The van der Waals surface area contributed by atoms with Gasteiger partial charge in [-0.3, -0.25) is 4.90 Å². The minimum absolute atomic E-state index is 0.479. The van der Waals surface area contributed by atoms with E-state index in [2.05, 4.69) is 40.5 Å². The van der Waals surface area contributed by atoms with E-state index >= 15 is 0 Å². The number of benzene rings is 1. The van der Waals surface area contributed by atoms with Crippen LogP contribution in [-0.4, -0.2) is 43.8 Å². The molecule has 1 aliphatic heterocycles. The third-order valence-corrected chi connectivity index (χ3v) is 3.11. The summed E-state index contributed by atoms with van der Waals surface area (Å²) in [4.78, 5) is 2.50. The molecule has 17 heavy (non-hydrogen) atoms. The average molecular weight is 234 g/mol. The number of nitrogens with zero attached hydrogens (tertiary/aromatic N) is 1. The molecule has 0 amide bonds. The molecule has 3 heteroatoms. The number of ether oxygens (including phenoxy) is 1. The highest BCUT2D eigenvalue weighted by molar-refractivity contribution is 5.14. The second-order valence-electron chi connectivity index (χ2n) is 4.53. The largest absolute Gasteiger partial charge is 0.380 e. The molecular formula is C14H22N2O. The summed E-state index contributed by atoms with van der Waals surface area (Å²) in [6, 6.07) is 11.1. The molecule has 1 atom stereocenters. The van der Waals surface area contributed by atoms with Crippen molar-refractivity contribution in [3.63, 3.8) is 0 Å². The summed E-state index contributed by atoms with van der Waals surface area (Å²) in [5.41, 5.74) is 1.39. The summed E-state index contributed by atoms with van der Waals surface area (Å²) in [6.45, 7) is 7.98. The van der Waals surface area contributed by atoms with Crippen LogP contribution in [0.1, 0.15) is 12.5 Å². The van der Waals surface area contributed by atoms with Crippen LogP contribution in [0, 0.1) is 0 Å². The lowest BCUT2D eigenvalue weighted by Crippen LogP contribution is -2.52. The first-order valence-corrected chi connectivity index (χ1v) is 6.46. The van der Waals surface area contributed by atoms with Crippen LogP contribution in [0.3, 0.4) is 0 Å². The van der Waals surface area contributed by atoms with Crippen LogP contribution in [0.4, 0.5) is 0 Å². The van der Waals surface area contributed by atoms with Crippen molar-refractivity contribution in [3.05, 3.63) is 35.9 Å². The van der Waals surface area contributed by atoms with Crippen molar-refractivity contribution in [1.82, 2.24) is 10.2 Å². The molecule has 1 unspecified atom stereocenters. The fourth-order valence-electron chi connectivity index (χ4n) is 2.25. The van der Waals surface area contributed by atoms with Crippen molar-refractivity contribution >= 4 is 0 Å². The molecular weight excluding hydrogens is 212 g/mol. The molecule has 1 saturated heterocycles. The van der Waals surface area contributed by atoms with Gasteiger partial charge in [0.2, 0.25) is 0 Å². The Bertz CT molecular complexity index is 315. The first-order chi connectivity index (χ1) is 8.38. The Morgan fingerprint density at radius 3 is 2.94 bits per heavy atom. The van der Waals surface area contributed by atoms with Gasteiger partial charge in [0, 0.05) is 38.8 Å². The maximum Gasteiger partial charge on any atom is 0.0632 e. The zero-order valence-corrected chi connectivity index (χ0v) is 10.6. The molecule has 3 nitrogen and oxygen atoms in total. The maximum absolute atomic E-state index is 5.48. The number of rotatable bonds is 5. The number of hydrogen-bond acceptors (Lipinski definition) is 3. The summed E-state index contributed by atoms with van der Waals surface area (Å²) in [5, 5.41) is 3.50. The summed E-state index contributed by atoms with van der Waals surface area (Å²) in [5.74, 6) is 0. The van der Waals surface area contributed by atoms with E-state index in [4.69, 9.17) is 4.74 Å². The Hall–Kier alpha value is -0.900. The smallest absolute Gasteiger partial charge is 0.0632 e. The summed E-state index contributed by atoms with van der Waals surface area (Å²) in [6.07, 6.45) is 0. The van der Waals surface area contributed by atoms with Crippen LogP contribution in [0.2, 0.25) is 0 Å². The molecule has 1 heterocycles. The molecule has 0 aliphatic carbocycles. The van der Waals surface area contributed by atoms with Gasteiger partial charge in [0.25, 0.3) is 0 Å². The monoisotopic (exact) mass is 234 g/mol. The average Bonchev–Trinajstić information content (AvgIpc) is 2.38. The Kier molecular flexibility index (Phi) is 4.98. The van der Waals surface area contributed by atoms with Crippen LogP contribution >= 0.6 is 0 Å². The van der Waals surface area contributed by atoms with Gasteiger partial charge in [-0.25, -0.2) is 0 Å². The van der Waals surface area contributed by atoms with E-state index in [0.717, 1.165) is 39.4 Å². The van der Waals surface area contributed by atoms with Crippen molar-refractivity contribution in [3.8, 4) is 0 Å². The van der Waals surface area contributed by atoms with Gasteiger partial charge in [-0.15, -0.1) is 0 Å². The van der Waals surface area contributed by atoms with Crippen LogP contribution in [0.5, 0.6) is 0 Å². The number of hydrogen-bond donors (Lipinski definition) is 1. The van der Waals surface area contributed by atoms with Gasteiger partial charge in [-0.1, -0.05) is 30.3 Å². The minimum Gasteiger partial charge on any atom is -0.380 e. The summed E-state index contributed by atoms with van der Waals surface area (Å²) >= 11 is 0. The normalized spacial score (nSPS) is 21.6. The quantitative estimate of drug-likeness (QED) is 0.835. The molecule has 0 saturated carbocycles. The standard InChI is InChI=1S/C14H22N2O/c1-2-17-12-14-11-16(9-8-15-14)10-13-6-4-3-5-7-13/h3-7,14-15H,2,8-12H2,1H3. The van der Waals surface area contributed by atoms with Crippen LogP contribution in [0.25, 0.3) is 0 Å². The van der Waals surface area contributed by atoms with Gasteiger partial charge in [0.1, 0.15) is 0 Å². The lowest BCUT2D eigenvalue weighted by Gasteiger charge is -2.33. The van der Waals surface area contributed by atoms with E-state index in [1.165, 1.54) is 5.56 Å². The van der Waals surface area contributed by atoms with Gasteiger partial charge < -0.3 is 10.1 Å². The predicted molar refractivity (Wildman–Crippen MR) is 70.0 cm³/mol. The van der Waals surface area contributed by atoms with E-state index < -0.39 is 0 Å². The lowest BCUT2D eigenvalue weighted by atomic mass is 10.1. The van der Waals surface area contributed by atoms with Crippen molar-refractivity contribution in [2.24, 2.45) is 0 Å². The van der Waals surface area contributed by atoms with Crippen molar-refractivity contribution in [2.45, 2.75) is 19.5 Å². The van der Waals surface area contributed by atoms with Gasteiger partial charge in [-0.2, -0.15) is 0 Å². The molecule has 1 aliphatic rings. The zero-order valence-electron chi connectivity index (χ0n) is 10.6. The van der Waals surface area contributed by atoms with Crippen molar-refractivity contribution in [1.29, 1.82) is 0 Å². The second-order valence-corrected chi connectivity index (χ2v) is 4.53. The van der Waals surface area contributed by atoms with E-state index in [9.17, 15) is 0 Å². The maximum atomic E-state index is 5.48. The van der Waals surface area contributed by atoms with Gasteiger partial charge >= 0.3 is 0 Å². The van der Waals surface area contributed by atoms with E-state index in [1.807, 2.05) is 6.92 Å². The first-order valence-electron chi connectivity index (χ1n) is 6.46. The summed E-state index contributed by atoms with van der Waals surface area (Å²) in [7, 11) is 0. The Morgan fingerprint density at radius 2 is 2.18 bits per heavy atom. The van der Waals surface area contributed by atoms with Gasteiger partial charge in [0.15, 0.2) is 0 Å². The first kappa shape index (κ1) is 12.6. The Labute approximate surface area is 104 Å². The molecule has 1 aromatic rings. The molecule has 94 valence electrons. The van der Waals surface area contributed by atoms with E-state index in [-0.39, 0.29) is 0 Å². The minimum atomic E-state index is 0.479. The molecule has 0 bridgehead atoms. The van der Waals surface area contributed by atoms with Crippen LogP contribution < -0.4 is 5.32 Å². The molecule has 0 spiro atoms. The molecule has 1 aromatic carbocycles.